The predicted molar refractivity (Wildman–Crippen MR) is 99.5 cm³/mol. The second-order valence-corrected chi connectivity index (χ2v) is 8.42. The number of anilines is 1. The van der Waals surface area contributed by atoms with E-state index in [4.69, 9.17) is 14.9 Å². The Morgan fingerprint density at radius 1 is 1.46 bits per heavy atom. The van der Waals surface area contributed by atoms with Crippen LogP contribution in [0.25, 0.3) is 17.0 Å². The molecule has 13 heteroatoms. The van der Waals surface area contributed by atoms with Crippen LogP contribution >= 0.6 is 10.6 Å². The molecule has 0 aliphatic rings. The highest BCUT2D eigenvalue weighted by molar-refractivity contribution is 8.24. The molecule has 3 aromatic heterocycles. The molecule has 0 bridgehead atoms. The van der Waals surface area contributed by atoms with Gasteiger partial charge < -0.3 is 20.0 Å². The van der Waals surface area contributed by atoms with Gasteiger partial charge in [0.15, 0.2) is 34.2 Å². The van der Waals surface area contributed by atoms with Crippen molar-refractivity contribution in [3.63, 3.8) is 0 Å². The molecule has 0 amide bonds. The van der Waals surface area contributed by atoms with Crippen LogP contribution < -0.4 is 11.3 Å². The van der Waals surface area contributed by atoms with Crippen molar-refractivity contribution < 1.29 is 28.2 Å². The zero-order valence-electron chi connectivity index (χ0n) is 15.2. The number of nitrogens with two attached hydrogens (primary N) is 1. The minimum absolute atomic E-state index is 0.0226. The molecule has 0 fully saturated rings. The van der Waals surface area contributed by atoms with Crippen molar-refractivity contribution >= 4 is 33.7 Å². The molecule has 3 rings (SSSR count). The first-order chi connectivity index (χ1) is 13.0. The molecular formula is C15H19N5O7S. The smallest absolute Gasteiger partial charge is 0.308 e. The minimum Gasteiger partial charge on any atom is -0.503 e. The first-order valence-corrected chi connectivity index (χ1v) is 9.94. The molecule has 0 spiro atoms. The number of fused-ring (bicyclic) bond motifs is 1. The molecule has 0 atom stereocenters. The molecule has 0 saturated carbocycles. The van der Waals surface area contributed by atoms with E-state index in [9.17, 15) is 23.8 Å². The van der Waals surface area contributed by atoms with E-state index in [0.717, 1.165) is 17.2 Å². The third-order valence-electron chi connectivity index (χ3n) is 3.74. The average molecular weight is 413 g/mol. The standard InChI is InChI=1S/C15H19N5O7S/c1-6(2)14(23)26-4-7-9(21)10(28(3,24)25)13(27-7)20-5-17-8-11(20)18-15(16)19-12(8)22/h5-6,21,24-25H,4H2,1-3H3,(H3,16,18,19,22). The summed E-state index contributed by atoms with van der Waals surface area (Å²) in [4.78, 5) is 33.5. The number of nitrogens with zero attached hydrogens (tertiary/aromatic N) is 3. The summed E-state index contributed by atoms with van der Waals surface area (Å²) in [7, 11) is -3.49. The van der Waals surface area contributed by atoms with Gasteiger partial charge in [-0.3, -0.25) is 28.2 Å². The number of aromatic nitrogens is 4. The Bertz CT molecular complexity index is 1110. The lowest BCUT2D eigenvalue weighted by molar-refractivity contribution is -0.149. The van der Waals surface area contributed by atoms with Crippen LogP contribution in [0.2, 0.25) is 0 Å². The van der Waals surface area contributed by atoms with Crippen LogP contribution in [-0.2, 0) is 16.1 Å². The van der Waals surface area contributed by atoms with Gasteiger partial charge in [-0.15, -0.1) is 0 Å². The number of H-pyrrole nitrogens is 1. The fourth-order valence-electron chi connectivity index (χ4n) is 2.42. The van der Waals surface area contributed by atoms with Gasteiger partial charge in [-0.2, -0.15) is 15.6 Å². The summed E-state index contributed by atoms with van der Waals surface area (Å²) in [5.41, 5.74) is 4.86. The van der Waals surface area contributed by atoms with E-state index >= 15 is 0 Å². The van der Waals surface area contributed by atoms with Gasteiger partial charge in [-0.1, -0.05) is 13.8 Å². The van der Waals surface area contributed by atoms with E-state index in [2.05, 4.69) is 15.0 Å². The average Bonchev–Trinajstić information content (AvgIpc) is 3.13. The van der Waals surface area contributed by atoms with Gasteiger partial charge in [-0.25, -0.2) is 4.98 Å². The van der Waals surface area contributed by atoms with Gasteiger partial charge in [0.25, 0.3) is 5.56 Å². The van der Waals surface area contributed by atoms with Gasteiger partial charge in [0.1, 0.15) is 6.33 Å². The van der Waals surface area contributed by atoms with E-state index in [1.165, 1.54) is 0 Å². The normalized spacial score (nSPS) is 12.6. The second kappa shape index (κ2) is 6.85. The number of carbonyl (C=O) groups is 1. The lowest BCUT2D eigenvalue weighted by atomic mass is 10.2. The van der Waals surface area contributed by atoms with Crippen molar-refractivity contribution in [2.45, 2.75) is 25.3 Å². The Labute approximate surface area is 159 Å². The van der Waals surface area contributed by atoms with Crippen molar-refractivity contribution in [3.05, 3.63) is 22.4 Å². The number of hydrogen-bond acceptors (Lipinski definition) is 10. The maximum atomic E-state index is 12.0. The van der Waals surface area contributed by atoms with Crippen molar-refractivity contribution in [1.82, 2.24) is 19.5 Å². The van der Waals surface area contributed by atoms with Crippen molar-refractivity contribution in [1.29, 1.82) is 0 Å². The molecule has 0 aliphatic carbocycles. The summed E-state index contributed by atoms with van der Waals surface area (Å²) >= 11 is 0. The quantitative estimate of drug-likeness (QED) is 0.382. The van der Waals surface area contributed by atoms with Crippen LogP contribution in [0.15, 0.2) is 20.4 Å². The number of nitrogens with one attached hydrogen (secondary N) is 1. The number of furan rings is 1. The van der Waals surface area contributed by atoms with Crippen LogP contribution in [0.4, 0.5) is 5.95 Å². The molecule has 3 heterocycles. The maximum absolute atomic E-state index is 12.0. The van der Waals surface area contributed by atoms with Crippen molar-refractivity contribution in [2.24, 2.45) is 5.92 Å². The number of rotatable bonds is 5. The number of carbonyl (C=O) groups excluding carboxylic acids is 1. The highest BCUT2D eigenvalue weighted by atomic mass is 32.3. The number of aromatic amines is 1. The minimum atomic E-state index is -3.49. The summed E-state index contributed by atoms with van der Waals surface area (Å²) in [6.45, 7) is 2.83. The van der Waals surface area contributed by atoms with Crippen LogP contribution in [0.1, 0.15) is 19.6 Å². The highest BCUT2D eigenvalue weighted by Crippen LogP contribution is 2.54. The predicted octanol–water partition coefficient (Wildman–Crippen LogP) is 1.43. The maximum Gasteiger partial charge on any atom is 0.308 e. The van der Waals surface area contributed by atoms with Crippen LogP contribution in [0, 0.1) is 5.92 Å². The van der Waals surface area contributed by atoms with Crippen molar-refractivity contribution in [3.8, 4) is 11.6 Å². The van der Waals surface area contributed by atoms with Crippen LogP contribution in [-0.4, -0.2) is 46.0 Å². The SMILES string of the molecule is CC(C)C(=O)OCc1oc(-n2cnc3c(=O)[nH]c(N)nc32)c(S(C)(O)O)c1O. The van der Waals surface area contributed by atoms with Crippen molar-refractivity contribution in [2.75, 3.05) is 12.0 Å². The molecule has 0 unspecified atom stereocenters. The highest BCUT2D eigenvalue weighted by Gasteiger charge is 2.31. The first-order valence-electron chi connectivity index (χ1n) is 7.98. The van der Waals surface area contributed by atoms with E-state index in [-0.39, 0.29) is 33.7 Å². The largest absolute Gasteiger partial charge is 0.503 e. The third-order valence-corrected chi connectivity index (χ3v) is 4.88. The lowest BCUT2D eigenvalue weighted by Crippen LogP contribution is -2.12. The Balaban J connectivity index is 2.17. The monoisotopic (exact) mass is 413 g/mol. The summed E-state index contributed by atoms with van der Waals surface area (Å²) in [6.07, 6.45) is 2.24. The number of esters is 1. The topological polar surface area (TPSA) is 190 Å². The van der Waals surface area contributed by atoms with Crippen LogP contribution in [0.5, 0.6) is 5.75 Å². The van der Waals surface area contributed by atoms with E-state index in [1.807, 2.05) is 0 Å². The molecule has 28 heavy (non-hydrogen) atoms. The number of ether oxygens (including phenoxy) is 1. The number of imidazole rings is 1. The van der Waals surface area contributed by atoms with Gasteiger partial charge >= 0.3 is 5.97 Å². The van der Waals surface area contributed by atoms with E-state index in [0.29, 0.717) is 0 Å². The zero-order valence-corrected chi connectivity index (χ0v) is 16.0. The van der Waals surface area contributed by atoms with Crippen LogP contribution in [0.3, 0.4) is 0 Å². The van der Waals surface area contributed by atoms with E-state index in [1.54, 1.807) is 13.8 Å². The zero-order chi connectivity index (χ0) is 20.8. The fourth-order valence-corrected chi connectivity index (χ4v) is 3.37. The molecule has 12 nitrogen and oxygen atoms in total. The summed E-state index contributed by atoms with van der Waals surface area (Å²) < 4.78 is 32.1. The Morgan fingerprint density at radius 2 is 2.14 bits per heavy atom. The van der Waals surface area contributed by atoms with Gasteiger partial charge in [-0.05, 0) is 0 Å². The first kappa shape index (κ1) is 19.7. The van der Waals surface area contributed by atoms with Gasteiger partial charge in [0.05, 0.1) is 5.92 Å². The summed E-state index contributed by atoms with van der Waals surface area (Å²) in [5, 5.41) is 10.4. The lowest BCUT2D eigenvalue weighted by Gasteiger charge is -2.26. The third kappa shape index (κ3) is 3.42. The molecule has 0 saturated heterocycles. The Kier molecular flexibility index (Phi) is 4.82. The molecule has 0 aromatic carbocycles. The summed E-state index contributed by atoms with van der Waals surface area (Å²) in [5.74, 6) is -2.16. The molecule has 152 valence electrons. The van der Waals surface area contributed by atoms with E-state index < -0.39 is 40.4 Å². The molecule has 0 radical (unpaired) electrons. The van der Waals surface area contributed by atoms with Gasteiger partial charge in [0, 0.05) is 6.26 Å². The molecule has 6 N–H and O–H groups in total. The summed E-state index contributed by atoms with van der Waals surface area (Å²) in [6, 6.07) is 0. The number of aromatic hydroxyl groups is 1. The molecule has 0 aliphatic heterocycles. The Morgan fingerprint density at radius 3 is 2.75 bits per heavy atom. The molecular weight excluding hydrogens is 394 g/mol. The second-order valence-electron chi connectivity index (χ2n) is 6.34. The number of hydrogen-bond donors (Lipinski definition) is 5. The van der Waals surface area contributed by atoms with Gasteiger partial charge in [0.2, 0.25) is 11.8 Å². The Hall–Kier alpha value is -3.03. The fraction of sp³-hybridized carbons (Fsp3) is 0.333. The number of nitrogen functional groups attached to an aromatic ring is 1. The molecule has 3 aromatic rings.